The highest BCUT2D eigenvalue weighted by Crippen LogP contribution is 2.31. The molecule has 1 aliphatic rings. The van der Waals surface area contributed by atoms with Crippen LogP contribution in [-0.4, -0.2) is 141 Å². The zero-order valence-electron chi connectivity index (χ0n) is 35.3. The highest BCUT2D eigenvalue weighted by molar-refractivity contribution is 5.99. The lowest BCUT2D eigenvalue weighted by molar-refractivity contribution is -0.149. The first-order valence-corrected chi connectivity index (χ1v) is 19.4. The van der Waals surface area contributed by atoms with Crippen molar-refractivity contribution in [3.8, 4) is 5.75 Å². The van der Waals surface area contributed by atoms with Crippen LogP contribution in [-0.2, 0) is 28.7 Å². The van der Waals surface area contributed by atoms with Gasteiger partial charge in [0, 0.05) is 45.7 Å². The van der Waals surface area contributed by atoms with Gasteiger partial charge in [0.2, 0.25) is 17.7 Å². The van der Waals surface area contributed by atoms with Gasteiger partial charge in [-0.15, -0.1) is 0 Å². The first-order chi connectivity index (χ1) is 25.7. The number of hydrogen-bond acceptors (Lipinski definition) is 10. The monoisotopic (exact) mass is 778 g/mol. The van der Waals surface area contributed by atoms with Crippen LogP contribution in [0.15, 0.2) is 18.2 Å². The molecule has 0 bridgehead atoms. The molecule has 1 aromatic carbocycles. The third-order valence-corrected chi connectivity index (χ3v) is 11.2. The van der Waals surface area contributed by atoms with Gasteiger partial charge in [-0.3, -0.25) is 28.9 Å². The topological polar surface area (TPSA) is 155 Å². The van der Waals surface area contributed by atoms with Crippen LogP contribution < -0.4 is 10.1 Å². The minimum absolute atomic E-state index is 0.00692. The van der Waals surface area contributed by atoms with E-state index in [0.717, 1.165) is 6.07 Å². The second kappa shape index (κ2) is 21.7. The van der Waals surface area contributed by atoms with Crippen LogP contribution in [0.25, 0.3) is 0 Å². The number of aliphatic hydroxyl groups excluding tert-OH is 1. The molecule has 0 aliphatic carbocycles. The first kappa shape index (κ1) is 47.7. The van der Waals surface area contributed by atoms with Crippen molar-refractivity contribution in [2.45, 2.75) is 111 Å². The number of nitrogens with zero attached hydrogens (tertiary/aromatic N) is 3. The van der Waals surface area contributed by atoms with Crippen molar-refractivity contribution in [3.63, 3.8) is 0 Å². The van der Waals surface area contributed by atoms with Gasteiger partial charge in [-0.2, -0.15) is 0 Å². The number of likely N-dealkylation sites (N-methyl/N-ethyl adjacent to an activating group) is 2. The highest BCUT2D eigenvalue weighted by Gasteiger charge is 2.45. The van der Waals surface area contributed by atoms with Gasteiger partial charge in [-0.1, -0.05) is 54.9 Å². The molecule has 55 heavy (non-hydrogen) atoms. The molecule has 1 fully saturated rings. The van der Waals surface area contributed by atoms with E-state index >= 15 is 0 Å². The third kappa shape index (κ3) is 12.3. The van der Waals surface area contributed by atoms with Crippen LogP contribution in [0.1, 0.15) is 84.5 Å². The van der Waals surface area contributed by atoms with E-state index in [9.17, 15) is 33.5 Å². The Morgan fingerprint density at radius 1 is 0.964 bits per heavy atom. The normalized spacial score (nSPS) is 19.8. The minimum Gasteiger partial charge on any atom is -0.494 e. The van der Waals surface area contributed by atoms with E-state index in [0.29, 0.717) is 6.42 Å². The summed E-state index contributed by atoms with van der Waals surface area (Å²) in [5.74, 6) is -3.78. The summed E-state index contributed by atoms with van der Waals surface area (Å²) in [5.41, 5.74) is 0.0678. The molecule has 9 atom stereocenters. The molecule has 0 radical (unpaired) electrons. The number of likely N-dealkylation sites (tertiary alicyclic amines) is 1. The summed E-state index contributed by atoms with van der Waals surface area (Å²) in [6.45, 7) is 13.1. The third-order valence-electron chi connectivity index (χ3n) is 11.2. The Kier molecular flexibility index (Phi) is 18.8. The van der Waals surface area contributed by atoms with E-state index in [1.807, 2.05) is 60.5 Å². The van der Waals surface area contributed by atoms with Crippen LogP contribution in [0.3, 0.4) is 0 Å². The number of carbonyl (C=O) groups is 5. The number of benzene rings is 1. The molecule has 312 valence electrons. The molecule has 1 aromatic rings. The van der Waals surface area contributed by atoms with Crippen LogP contribution in [0, 0.1) is 35.4 Å². The molecule has 13 nitrogen and oxygen atoms in total. The van der Waals surface area contributed by atoms with Gasteiger partial charge in [0.05, 0.1) is 62.4 Å². The Balaban J connectivity index is 2.27. The molecule has 1 aliphatic heterocycles. The number of amides is 3. The summed E-state index contributed by atoms with van der Waals surface area (Å²) in [6, 6.07) is 2.27. The van der Waals surface area contributed by atoms with E-state index in [-0.39, 0.29) is 85.1 Å². The van der Waals surface area contributed by atoms with Gasteiger partial charge in [0.1, 0.15) is 0 Å². The lowest BCUT2D eigenvalue weighted by Gasteiger charge is -2.41. The van der Waals surface area contributed by atoms with Crippen LogP contribution in [0.2, 0.25) is 0 Å². The highest BCUT2D eigenvalue weighted by atomic mass is 19.1. The van der Waals surface area contributed by atoms with Crippen molar-refractivity contribution in [3.05, 3.63) is 29.6 Å². The molecule has 0 aromatic heterocycles. The van der Waals surface area contributed by atoms with Crippen molar-refractivity contribution >= 4 is 29.3 Å². The van der Waals surface area contributed by atoms with Crippen molar-refractivity contribution in [2.75, 3.05) is 55.6 Å². The maximum Gasteiger partial charge on any atom is 0.226 e. The van der Waals surface area contributed by atoms with E-state index in [2.05, 4.69) is 5.32 Å². The first-order valence-electron chi connectivity index (χ1n) is 19.4. The number of halogens is 1. The van der Waals surface area contributed by atoms with Crippen molar-refractivity contribution in [1.29, 1.82) is 0 Å². The zero-order valence-corrected chi connectivity index (χ0v) is 35.3. The second-order valence-electron chi connectivity index (χ2n) is 16.0. The van der Waals surface area contributed by atoms with E-state index in [1.54, 1.807) is 18.9 Å². The molecule has 2 N–H and O–H groups in total. The summed E-state index contributed by atoms with van der Waals surface area (Å²) < 4.78 is 30.8. The Bertz CT molecular complexity index is 1450. The van der Waals surface area contributed by atoms with Crippen molar-refractivity contribution in [1.82, 2.24) is 20.0 Å². The Labute approximate surface area is 327 Å². The number of methoxy groups -OCH3 is 3. The largest absolute Gasteiger partial charge is 0.494 e. The number of ketones is 2. The Morgan fingerprint density at radius 3 is 2.09 bits per heavy atom. The molecule has 14 heteroatoms. The van der Waals surface area contributed by atoms with Gasteiger partial charge in [-0.25, -0.2) is 4.39 Å². The summed E-state index contributed by atoms with van der Waals surface area (Å²) in [5, 5.41) is 13.4. The predicted octanol–water partition coefficient (Wildman–Crippen LogP) is 3.84. The number of nitrogens with one attached hydrogen (secondary N) is 1. The number of ether oxygens (including phenoxy) is 3. The van der Waals surface area contributed by atoms with Crippen molar-refractivity contribution < 1.29 is 47.7 Å². The quantitative estimate of drug-likeness (QED) is 0.166. The second-order valence-corrected chi connectivity index (χ2v) is 16.0. The molecule has 1 saturated heterocycles. The minimum atomic E-state index is -0.870. The Morgan fingerprint density at radius 2 is 1.60 bits per heavy atom. The Hall–Kier alpha value is -3.46. The maximum absolute atomic E-state index is 14.3. The van der Waals surface area contributed by atoms with E-state index in [1.165, 1.54) is 38.4 Å². The van der Waals surface area contributed by atoms with Crippen LogP contribution in [0.4, 0.5) is 4.39 Å². The fourth-order valence-electron chi connectivity index (χ4n) is 8.04. The van der Waals surface area contributed by atoms with Gasteiger partial charge < -0.3 is 34.4 Å². The molecule has 0 saturated carbocycles. The number of aliphatic hydroxyl groups is 1. The molecule has 2 rings (SSSR count). The summed E-state index contributed by atoms with van der Waals surface area (Å²) >= 11 is 0. The van der Waals surface area contributed by atoms with E-state index in [4.69, 9.17) is 14.2 Å². The molecule has 0 spiro atoms. The summed E-state index contributed by atoms with van der Waals surface area (Å²) in [7, 11) is 9.68. The number of carbonyl (C=O) groups excluding carboxylic acids is 5. The summed E-state index contributed by atoms with van der Waals surface area (Å²) in [6.07, 6.45) is -1.60. The molecule has 1 heterocycles. The molecular weight excluding hydrogens is 711 g/mol. The standard InChI is InChI=1S/C41H67FN4O9/c1-14-25(6)38(45(10)41(52)29(23(2)3)19-32(48)37(24(4)5)44(8)9)35(54-12)20-36(50)46-22-28(47)18-31(46)39(55-13)26(7)40(51)43-21-33(49)27-15-16-34(53-11)30(42)17-27/h15-17,23-26,28-29,31,35,37-39,47H,14,18-22H2,1-13H3,(H,43,51)/t25-,26+,28-,29-,31-,35+,37-,38-,39+/m0/s1. The van der Waals surface area contributed by atoms with E-state index < -0.39 is 59.7 Å². The fraction of sp³-hybridized carbons (Fsp3) is 0.732. The molecule has 0 unspecified atom stereocenters. The average molecular weight is 779 g/mol. The lowest BCUT2D eigenvalue weighted by atomic mass is 9.83. The summed E-state index contributed by atoms with van der Waals surface area (Å²) in [4.78, 5) is 73.1. The van der Waals surface area contributed by atoms with Crippen LogP contribution >= 0.6 is 0 Å². The lowest BCUT2D eigenvalue weighted by Crippen LogP contribution is -2.54. The fourth-order valence-corrected chi connectivity index (χ4v) is 8.04. The SMILES string of the molecule is CC[C@H](C)[C@@H]([C@@H](CC(=O)N1C[C@@H](O)C[C@H]1[C@H](OC)[C@@H](C)C(=O)NCC(=O)c1ccc(OC)c(F)c1)OC)N(C)C(=O)[C@@H](CC(=O)[C@H](C(C)C)N(C)C)C(C)C. The maximum atomic E-state index is 14.3. The smallest absolute Gasteiger partial charge is 0.226 e. The number of rotatable bonds is 22. The zero-order chi connectivity index (χ0) is 41.9. The average Bonchev–Trinajstić information content (AvgIpc) is 3.52. The predicted molar refractivity (Wildman–Crippen MR) is 208 cm³/mol. The molecule has 3 amide bonds. The van der Waals surface area contributed by atoms with Gasteiger partial charge in [0.25, 0.3) is 0 Å². The van der Waals surface area contributed by atoms with Gasteiger partial charge in [-0.05, 0) is 56.5 Å². The number of β-amino-alcohol motifs (C(OH)–C–C–N with tert-alkyl or cyclic N) is 1. The number of hydrogen-bond donors (Lipinski definition) is 2. The number of Topliss-reactive ketones (excluding diaryl/α,β-unsaturated/α-hetero) is 2. The van der Waals surface area contributed by atoms with Crippen molar-refractivity contribution in [2.24, 2.45) is 29.6 Å². The van der Waals surface area contributed by atoms with Gasteiger partial charge in [0.15, 0.2) is 23.1 Å². The van der Waals surface area contributed by atoms with Gasteiger partial charge >= 0.3 is 0 Å². The molecular formula is C41H67FN4O9. The van der Waals surface area contributed by atoms with Crippen LogP contribution in [0.5, 0.6) is 5.75 Å².